The highest BCUT2D eigenvalue weighted by atomic mass is 16.6. The monoisotopic (exact) mass is 355 g/mol. The van der Waals surface area contributed by atoms with Gasteiger partial charge >= 0.3 is 6.09 Å². The summed E-state index contributed by atoms with van der Waals surface area (Å²) in [6.45, 7) is 7.20. The van der Waals surface area contributed by atoms with Crippen molar-refractivity contribution in [2.24, 2.45) is 0 Å². The molecule has 1 aromatic heterocycles. The van der Waals surface area contributed by atoms with E-state index in [2.05, 4.69) is 10.3 Å². The maximum Gasteiger partial charge on any atom is 0.407 e. The summed E-state index contributed by atoms with van der Waals surface area (Å²) >= 11 is 0. The van der Waals surface area contributed by atoms with Gasteiger partial charge in [-0.1, -0.05) is 6.07 Å². The second kappa shape index (κ2) is 7.23. The summed E-state index contributed by atoms with van der Waals surface area (Å²) in [4.78, 5) is 29.2. The number of ether oxygens (including phenoxy) is 1. The molecule has 2 aromatic rings. The first-order valence-corrected chi connectivity index (χ1v) is 8.91. The molecule has 6 nitrogen and oxygen atoms in total. The maximum absolute atomic E-state index is 12.2. The predicted molar refractivity (Wildman–Crippen MR) is 101 cm³/mol. The van der Waals surface area contributed by atoms with E-state index in [1.165, 1.54) is 0 Å². The Balaban J connectivity index is 2.00. The summed E-state index contributed by atoms with van der Waals surface area (Å²) in [7, 11) is 0. The molecule has 0 saturated carbocycles. The van der Waals surface area contributed by atoms with Gasteiger partial charge in [-0.25, -0.2) is 4.79 Å². The van der Waals surface area contributed by atoms with Crippen LogP contribution in [0.4, 0.5) is 10.5 Å². The first-order valence-electron chi connectivity index (χ1n) is 8.91. The molecule has 2 amide bonds. The number of nitrogens with one attached hydrogen (secondary N) is 2. The molecule has 2 N–H and O–H groups in total. The van der Waals surface area contributed by atoms with Gasteiger partial charge in [-0.15, -0.1) is 0 Å². The highest BCUT2D eigenvalue weighted by molar-refractivity contribution is 5.94. The van der Waals surface area contributed by atoms with Crippen LogP contribution in [0.2, 0.25) is 0 Å². The molecule has 2 atom stereocenters. The third-order valence-electron chi connectivity index (χ3n) is 4.59. The van der Waals surface area contributed by atoms with Crippen LogP contribution in [0.15, 0.2) is 36.7 Å². The lowest BCUT2D eigenvalue weighted by atomic mass is 9.89. The molecular weight excluding hydrogens is 330 g/mol. The number of fused-ring (bicyclic) bond motifs is 1. The number of rotatable bonds is 3. The predicted octanol–water partition coefficient (Wildman–Crippen LogP) is 4.00. The number of amides is 2. The Morgan fingerprint density at radius 1 is 1.27 bits per heavy atom. The number of hydrogen-bond acceptors (Lipinski definition) is 3. The van der Waals surface area contributed by atoms with Crippen LogP contribution < -0.4 is 10.2 Å². The standard InChI is InChI=1S/C20H25N3O3/c1-12(2)26-20(25)22-18-9-13(3)23(14(4)24)19-6-5-15(10-17(18)19)16-7-8-21-11-16/h5-8,10-13,18,21H,9H2,1-4H3,(H,22,25)/t13-,18+/m0/s1. The third-order valence-corrected chi connectivity index (χ3v) is 4.59. The second-order valence-corrected chi connectivity index (χ2v) is 7.00. The Morgan fingerprint density at radius 3 is 2.65 bits per heavy atom. The number of benzene rings is 1. The van der Waals surface area contributed by atoms with Gasteiger partial charge in [-0.2, -0.15) is 0 Å². The van der Waals surface area contributed by atoms with Gasteiger partial charge in [0, 0.05) is 31.0 Å². The molecule has 1 aliphatic rings. The number of carbonyl (C=O) groups is 2. The summed E-state index contributed by atoms with van der Waals surface area (Å²) in [5.74, 6) is -0.00338. The Morgan fingerprint density at radius 2 is 2.04 bits per heavy atom. The molecule has 6 heteroatoms. The molecule has 0 fully saturated rings. The number of aromatic nitrogens is 1. The minimum absolute atomic E-state index is 0.00338. The largest absolute Gasteiger partial charge is 0.447 e. The summed E-state index contributed by atoms with van der Waals surface area (Å²) in [6.07, 6.45) is 3.80. The quantitative estimate of drug-likeness (QED) is 0.874. The topological polar surface area (TPSA) is 74.4 Å². The van der Waals surface area contributed by atoms with Crippen molar-refractivity contribution in [3.8, 4) is 11.1 Å². The smallest absolute Gasteiger partial charge is 0.407 e. The van der Waals surface area contributed by atoms with Crippen LogP contribution in [0.3, 0.4) is 0 Å². The fourth-order valence-corrected chi connectivity index (χ4v) is 3.55. The zero-order valence-corrected chi connectivity index (χ0v) is 15.6. The van der Waals surface area contributed by atoms with Crippen molar-refractivity contribution in [3.05, 3.63) is 42.2 Å². The lowest BCUT2D eigenvalue weighted by molar-refractivity contribution is -0.117. The first kappa shape index (κ1) is 18.0. The molecule has 0 unspecified atom stereocenters. The Kier molecular flexibility index (Phi) is 5.02. The normalized spacial score (nSPS) is 19.2. The molecule has 3 rings (SSSR count). The van der Waals surface area contributed by atoms with E-state index in [0.29, 0.717) is 6.42 Å². The van der Waals surface area contributed by atoms with Gasteiger partial charge in [0.15, 0.2) is 0 Å². The van der Waals surface area contributed by atoms with Crippen molar-refractivity contribution in [1.82, 2.24) is 10.3 Å². The van der Waals surface area contributed by atoms with Crippen molar-refractivity contribution >= 4 is 17.7 Å². The van der Waals surface area contributed by atoms with Crippen LogP contribution in [0.1, 0.15) is 45.7 Å². The van der Waals surface area contributed by atoms with E-state index in [4.69, 9.17) is 4.74 Å². The average molecular weight is 355 g/mol. The summed E-state index contributed by atoms with van der Waals surface area (Å²) in [6, 6.07) is 7.77. The van der Waals surface area contributed by atoms with Crippen molar-refractivity contribution < 1.29 is 14.3 Å². The number of H-pyrrole nitrogens is 1. The number of carbonyl (C=O) groups excluding carboxylic acids is 2. The highest BCUT2D eigenvalue weighted by Crippen LogP contribution is 2.39. The summed E-state index contributed by atoms with van der Waals surface area (Å²) < 4.78 is 5.24. The zero-order valence-electron chi connectivity index (χ0n) is 15.6. The molecule has 26 heavy (non-hydrogen) atoms. The molecule has 0 bridgehead atoms. The SMILES string of the molecule is CC(=O)N1c2ccc(-c3cc[nH]c3)cc2[C@H](NC(=O)OC(C)C)C[C@@H]1C. The fourth-order valence-electron chi connectivity index (χ4n) is 3.55. The van der Waals surface area contributed by atoms with E-state index in [1.807, 2.05) is 57.4 Å². The molecular formula is C20H25N3O3. The molecule has 1 aromatic carbocycles. The number of anilines is 1. The van der Waals surface area contributed by atoms with E-state index < -0.39 is 6.09 Å². The molecule has 0 radical (unpaired) electrons. The van der Waals surface area contributed by atoms with Gasteiger partial charge < -0.3 is 19.9 Å². The molecule has 0 saturated heterocycles. The first-order chi connectivity index (χ1) is 12.4. The van der Waals surface area contributed by atoms with E-state index in [0.717, 1.165) is 22.4 Å². The fraction of sp³-hybridized carbons (Fsp3) is 0.400. The number of aromatic amines is 1. The van der Waals surface area contributed by atoms with E-state index >= 15 is 0 Å². The van der Waals surface area contributed by atoms with Gasteiger partial charge in [0.05, 0.1) is 12.1 Å². The van der Waals surface area contributed by atoms with Crippen LogP contribution in [0.25, 0.3) is 11.1 Å². The Bertz CT molecular complexity index is 799. The van der Waals surface area contributed by atoms with Crippen LogP contribution in [-0.2, 0) is 9.53 Å². The van der Waals surface area contributed by atoms with Crippen molar-refractivity contribution in [3.63, 3.8) is 0 Å². The van der Waals surface area contributed by atoms with Gasteiger partial charge in [-0.3, -0.25) is 4.79 Å². The van der Waals surface area contributed by atoms with Crippen LogP contribution in [0.5, 0.6) is 0 Å². The third kappa shape index (κ3) is 3.59. The zero-order chi connectivity index (χ0) is 18.8. The lowest BCUT2D eigenvalue weighted by Crippen LogP contribution is -2.45. The summed E-state index contributed by atoms with van der Waals surface area (Å²) in [5, 5.41) is 2.96. The van der Waals surface area contributed by atoms with Gasteiger partial charge in [-0.05, 0) is 62.1 Å². The van der Waals surface area contributed by atoms with Crippen LogP contribution in [0, 0.1) is 0 Å². The minimum Gasteiger partial charge on any atom is -0.447 e. The lowest BCUT2D eigenvalue weighted by Gasteiger charge is -2.39. The average Bonchev–Trinajstić information content (AvgIpc) is 3.07. The maximum atomic E-state index is 12.2. The number of alkyl carbamates (subject to hydrolysis) is 1. The molecule has 0 spiro atoms. The van der Waals surface area contributed by atoms with Gasteiger partial charge in [0.2, 0.25) is 5.91 Å². The van der Waals surface area contributed by atoms with Gasteiger partial charge in [0.25, 0.3) is 0 Å². The minimum atomic E-state index is -0.438. The number of hydrogen-bond donors (Lipinski definition) is 2. The van der Waals surface area contributed by atoms with E-state index in [1.54, 1.807) is 11.8 Å². The van der Waals surface area contributed by atoms with Crippen molar-refractivity contribution in [1.29, 1.82) is 0 Å². The summed E-state index contributed by atoms with van der Waals surface area (Å²) in [5.41, 5.74) is 3.86. The molecule has 1 aliphatic heterocycles. The van der Waals surface area contributed by atoms with Crippen molar-refractivity contribution in [2.75, 3.05) is 4.90 Å². The van der Waals surface area contributed by atoms with Crippen LogP contribution in [-0.4, -0.2) is 29.1 Å². The Labute approximate surface area is 153 Å². The van der Waals surface area contributed by atoms with Gasteiger partial charge in [0.1, 0.15) is 0 Å². The number of nitrogens with zero attached hydrogens (tertiary/aromatic N) is 1. The van der Waals surface area contributed by atoms with E-state index in [9.17, 15) is 9.59 Å². The second-order valence-electron chi connectivity index (χ2n) is 7.00. The molecule has 138 valence electrons. The molecule has 2 heterocycles. The Hall–Kier alpha value is -2.76. The van der Waals surface area contributed by atoms with Crippen LogP contribution >= 0.6 is 0 Å². The van der Waals surface area contributed by atoms with Crippen molar-refractivity contribution in [2.45, 2.75) is 52.3 Å². The van der Waals surface area contributed by atoms with E-state index in [-0.39, 0.29) is 24.1 Å². The highest BCUT2D eigenvalue weighted by Gasteiger charge is 2.33. The molecule has 0 aliphatic carbocycles.